The number of rotatable bonds is 3. The highest BCUT2D eigenvalue weighted by molar-refractivity contribution is 7.89. The SMILES string of the molecule is Cc1ccc(S(=O)(=O)N2CCCC3(CCN(c4ccccc4)C3=O)C2)cc1. The summed E-state index contributed by atoms with van der Waals surface area (Å²) in [5.74, 6) is 0.0532. The molecule has 2 heterocycles. The summed E-state index contributed by atoms with van der Waals surface area (Å²) in [5.41, 5.74) is 1.30. The van der Waals surface area contributed by atoms with Crippen molar-refractivity contribution in [2.24, 2.45) is 5.41 Å². The fourth-order valence-corrected chi connectivity index (χ4v) is 5.77. The molecule has 6 heteroatoms. The van der Waals surface area contributed by atoms with Crippen LogP contribution in [0.5, 0.6) is 0 Å². The summed E-state index contributed by atoms with van der Waals surface area (Å²) >= 11 is 0. The van der Waals surface area contributed by atoms with E-state index in [1.165, 1.54) is 4.31 Å². The molecule has 2 fully saturated rings. The number of amides is 1. The van der Waals surface area contributed by atoms with Crippen molar-refractivity contribution in [2.75, 3.05) is 24.5 Å². The van der Waals surface area contributed by atoms with Crippen LogP contribution in [0, 0.1) is 12.3 Å². The van der Waals surface area contributed by atoms with Crippen LogP contribution in [0.3, 0.4) is 0 Å². The highest BCUT2D eigenvalue weighted by Crippen LogP contribution is 2.43. The minimum atomic E-state index is -3.59. The Morgan fingerprint density at radius 2 is 1.63 bits per heavy atom. The lowest BCUT2D eigenvalue weighted by molar-refractivity contribution is -0.127. The van der Waals surface area contributed by atoms with Gasteiger partial charge in [0.25, 0.3) is 0 Å². The van der Waals surface area contributed by atoms with Gasteiger partial charge in [0, 0.05) is 25.3 Å². The smallest absolute Gasteiger partial charge is 0.243 e. The Morgan fingerprint density at radius 1 is 0.926 bits per heavy atom. The molecule has 142 valence electrons. The molecule has 1 spiro atoms. The van der Waals surface area contributed by atoms with Crippen molar-refractivity contribution >= 4 is 21.6 Å². The highest BCUT2D eigenvalue weighted by Gasteiger charge is 2.51. The molecule has 2 aliphatic heterocycles. The van der Waals surface area contributed by atoms with E-state index in [1.807, 2.05) is 54.3 Å². The average Bonchev–Trinajstić information content (AvgIpc) is 2.99. The van der Waals surface area contributed by atoms with Gasteiger partial charge in [0.05, 0.1) is 10.3 Å². The molecule has 2 aliphatic rings. The van der Waals surface area contributed by atoms with E-state index < -0.39 is 15.4 Å². The number of nitrogens with zero attached hydrogens (tertiary/aromatic N) is 2. The quantitative estimate of drug-likeness (QED) is 0.817. The number of piperidine rings is 1. The maximum absolute atomic E-state index is 13.2. The van der Waals surface area contributed by atoms with E-state index in [-0.39, 0.29) is 12.5 Å². The summed E-state index contributed by atoms with van der Waals surface area (Å²) in [6.07, 6.45) is 2.15. The molecule has 0 saturated carbocycles. The number of anilines is 1. The van der Waals surface area contributed by atoms with Crippen molar-refractivity contribution in [1.82, 2.24) is 4.31 Å². The van der Waals surface area contributed by atoms with E-state index in [1.54, 1.807) is 12.1 Å². The number of hydrogen-bond acceptors (Lipinski definition) is 3. The fourth-order valence-electron chi connectivity index (χ4n) is 4.21. The first-order valence-corrected chi connectivity index (χ1v) is 10.8. The maximum atomic E-state index is 13.2. The lowest BCUT2D eigenvalue weighted by Crippen LogP contribution is -2.49. The zero-order chi connectivity index (χ0) is 19.1. The second kappa shape index (κ2) is 6.77. The Labute approximate surface area is 160 Å². The summed E-state index contributed by atoms with van der Waals surface area (Å²) in [7, 11) is -3.59. The van der Waals surface area contributed by atoms with Gasteiger partial charge in [0.1, 0.15) is 0 Å². The van der Waals surface area contributed by atoms with E-state index >= 15 is 0 Å². The van der Waals surface area contributed by atoms with Crippen LogP contribution in [0.4, 0.5) is 5.69 Å². The highest BCUT2D eigenvalue weighted by atomic mass is 32.2. The van der Waals surface area contributed by atoms with Crippen molar-refractivity contribution in [3.8, 4) is 0 Å². The molecule has 2 aromatic carbocycles. The Hall–Kier alpha value is -2.18. The third-order valence-electron chi connectivity index (χ3n) is 5.78. The molecule has 1 atom stereocenters. The van der Waals surface area contributed by atoms with Gasteiger partial charge in [0.15, 0.2) is 0 Å². The lowest BCUT2D eigenvalue weighted by atomic mass is 9.79. The minimum Gasteiger partial charge on any atom is -0.312 e. The van der Waals surface area contributed by atoms with Crippen LogP contribution in [-0.2, 0) is 14.8 Å². The molecular formula is C21H24N2O3S. The summed E-state index contributed by atoms with van der Waals surface area (Å²) < 4.78 is 27.7. The standard InChI is InChI=1S/C21H24N2O3S/c1-17-8-10-19(11-9-17)27(25,26)22-14-5-12-21(16-22)13-15-23(20(21)24)18-6-3-2-4-7-18/h2-4,6-11H,5,12-16H2,1H3. The second-order valence-electron chi connectivity index (χ2n) is 7.58. The van der Waals surface area contributed by atoms with Gasteiger partial charge < -0.3 is 4.90 Å². The number of carbonyl (C=O) groups excluding carboxylic acids is 1. The van der Waals surface area contributed by atoms with Crippen molar-refractivity contribution in [1.29, 1.82) is 0 Å². The van der Waals surface area contributed by atoms with Gasteiger partial charge in [-0.3, -0.25) is 4.79 Å². The summed E-state index contributed by atoms with van der Waals surface area (Å²) in [6.45, 7) is 3.31. The van der Waals surface area contributed by atoms with Crippen LogP contribution < -0.4 is 4.90 Å². The molecule has 0 bridgehead atoms. The first-order chi connectivity index (χ1) is 12.9. The topological polar surface area (TPSA) is 57.7 Å². The van der Waals surface area contributed by atoms with Gasteiger partial charge in [-0.2, -0.15) is 4.31 Å². The van der Waals surface area contributed by atoms with Crippen molar-refractivity contribution < 1.29 is 13.2 Å². The molecule has 4 rings (SSSR count). The van der Waals surface area contributed by atoms with Crippen LogP contribution in [0.2, 0.25) is 0 Å². The monoisotopic (exact) mass is 384 g/mol. The second-order valence-corrected chi connectivity index (χ2v) is 9.52. The molecule has 0 N–H and O–H groups in total. The summed E-state index contributed by atoms with van der Waals surface area (Å²) in [5, 5.41) is 0. The van der Waals surface area contributed by atoms with Gasteiger partial charge in [-0.25, -0.2) is 8.42 Å². The van der Waals surface area contributed by atoms with Crippen LogP contribution >= 0.6 is 0 Å². The largest absolute Gasteiger partial charge is 0.312 e. The minimum absolute atomic E-state index is 0.0532. The van der Waals surface area contributed by atoms with E-state index in [0.29, 0.717) is 30.8 Å². The number of aryl methyl sites for hydroxylation is 1. The summed E-state index contributed by atoms with van der Waals surface area (Å²) in [4.78, 5) is 15.3. The van der Waals surface area contributed by atoms with Gasteiger partial charge >= 0.3 is 0 Å². The third kappa shape index (κ3) is 3.17. The Morgan fingerprint density at radius 3 is 2.33 bits per heavy atom. The Kier molecular flexibility index (Phi) is 4.56. The Bertz CT molecular complexity index is 941. The normalized spacial score (nSPS) is 23.9. The predicted molar refractivity (Wildman–Crippen MR) is 105 cm³/mol. The molecule has 0 aromatic heterocycles. The van der Waals surface area contributed by atoms with Gasteiger partial charge in [-0.15, -0.1) is 0 Å². The molecule has 0 radical (unpaired) electrons. The number of carbonyl (C=O) groups is 1. The van der Waals surface area contributed by atoms with E-state index in [9.17, 15) is 13.2 Å². The maximum Gasteiger partial charge on any atom is 0.243 e. The molecule has 2 saturated heterocycles. The van der Waals surface area contributed by atoms with Gasteiger partial charge in [-0.1, -0.05) is 35.9 Å². The fraction of sp³-hybridized carbons (Fsp3) is 0.381. The average molecular weight is 385 g/mol. The van der Waals surface area contributed by atoms with Gasteiger partial charge in [-0.05, 0) is 50.5 Å². The van der Waals surface area contributed by atoms with Crippen molar-refractivity contribution in [2.45, 2.75) is 31.1 Å². The van der Waals surface area contributed by atoms with Crippen LogP contribution in [0.1, 0.15) is 24.8 Å². The van der Waals surface area contributed by atoms with Crippen LogP contribution in [-0.4, -0.2) is 38.3 Å². The molecule has 27 heavy (non-hydrogen) atoms. The van der Waals surface area contributed by atoms with E-state index in [0.717, 1.165) is 17.7 Å². The van der Waals surface area contributed by atoms with Crippen LogP contribution in [0.15, 0.2) is 59.5 Å². The third-order valence-corrected chi connectivity index (χ3v) is 7.64. The first-order valence-electron chi connectivity index (χ1n) is 9.36. The zero-order valence-corrected chi connectivity index (χ0v) is 16.3. The zero-order valence-electron chi connectivity index (χ0n) is 15.5. The number of benzene rings is 2. The molecule has 2 aromatic rings. The number of para-hydroxylation sites is 1. The molecular weight excluding hydrogens is 360 g/mol. The van der Waals surface area contributed by atoms with Crippen LogP contribution in [0.25, 0.3) is 0 Å². The van der Waals surface area contributed by atoms with Crippen molar-refractivity contribution in [3.05, 3.63) is 60.2 Å². The molecule has 5 nitrogen and oxygen atoms in total. The number of hydrogen-bond donors (Lipinski definition) is 0. The van der Waals surface area contributed by atoms with Gasteiger partial charge in [0.2, 0.25) is 15.9 Å². The van der Waals surface area contributed by atoms with E-state index in [4.69, 9.17) is 0 Å². The Balaban J connectivity index is 1.59. The lowest BCUT2D eigenvalue weighted by Gasteiger charge is -2.38. The number of sulfonamides is 1. The molecule has 1 amide bonds. The first kappa shape index (κ1) is 18.2. The summed E-state index contributed by atoms with van der Waals surface area (Å²) in [6, 6.07) is 16.6. The molecule has 1 unspecified atom stereocenters. The van der Waals surface area contributed by atoms with Crippen molar-refractivity contribution in [3.63, 3.8) is 0 Å². The molecule has 0 aliphatic carbocycles. The van der Waals surface area contributed by atoms with E-state index in [2.05, 4.69) is 0 Å². The predicted octanol–water partition coefficient (Wildman–Crippen LogP) is 3.20.